The Kier molecular flexibility index (Phi) is 4.45. The van der Waals surface area contributed by atoms with E-state index in [-0.39, 0.29) is 5.69 Å². The van der Waals surface area contributed by atoms with Crippen molar-refractivity contribution in [2.75, 3.05) is 23.3 Å². The fourth-order valence-electron chi connectivity index (χ4n) is 2.56. The Bertz CT molecular complexity index is 697. The molecule has 1 saturated heterocycles. The van der Waals surface area contributed by atoms with Crippen molar-refractivity contribution in [2.45, 2.75) is 19.3 Å². The van der Waals surface area contributed by atoms with Crippen LogP contribution in [0.5, 0.6) is 0 Å². The summed E-state index contributed by atoms with van der Waals surface area (Å²) in [6.45, 7) is 1.75. The highest BCUT2D eigenvalue weighted by atomic mass is 19.1. The van der Waals surface area contributed by atoms with Crippen LogP contribution in [0.1, 0.15) is 29.8 Å². The molecule has 1 amide bonds. The van der Waals surface area contributed by atoms with Crippen molar-refractivity contribution >= 4 is 17.4 Å². The molecule has 1 aromatic carbocycles. The Hall–Kier alpha value is -2.57. The van der Waals surface area contributed by atoms with E-state index < -0.39 is 23.2 Å². The van der Waals surface area contributed by atoms with Crippen molar-refractivity contribution < 1.29 is 13.6 Å². The Morgan fingerprint density at radius 3 is 2.48 bits per heavy atom. The van der Waals surface area contributed by atoms with E-state index in [2.05, 4.69) is 20.2 Å². The van der Waals surface area contributed by atoms with Crippen LogP contribution in [0.4, 0.5) is 20.3 Å². The summed E-state index contributed by atoms with van der Waals surface area (Å²) in [6, 6.07) is 4.94. The van der Waals surface area contributed by atoms with Crippen LogP contribution in [0.3, 0.4) is 0 Å². The van der Waals surface area contributed by atoms with Crippen molar-refractivity contribution in [1.82, 2.24) is 9.97 Å². The number of rotatable bonds is 3. The van der Waals surface area contributed by atoms with Crippen molar-refractivity contribution in [1.29, 1.82) is 0 Å². The van der Waals surface area contributed by atoms with Gasteiger partial charge in [0.15, 0.2) is 0 Å². The lowest BCUT2D eigenvalue weighted by Crippen LogP contribution is -2.30. The number of carbonyl (C=O) groups is 1. The molecule has 5 nitrogen and oxygen atoms in total. The van der Waals surface area contributed by atoms with Gasteiger partial charge in [-0.15, -0.1) is 0 Å². The van der Waals surface area contributed by atoms with E-state index in [9.17, 15) is 13.6 Å². The summed E-state index contributed by atoms with van der Waals surface area (Å²) in [5, 5.41) is 2.23. The number of aromatic nitrogens is 2. The molecule has 0 radical (unpaired) electrons. The van der Waals surface area contributed by atoms with Gasteiger partial charge in [-0.2, -0.15) is 0 Å². The van der Waals surface area contributed by atoms with Crippen LogP contribution >= 0.6 is 0 Å². The first-order chi connectivity index (χ1) is 11.1. The third-order valence-electron chi connectivity index (χ3n) is 3.77. The van der Waals surface area contributed by atoms with Gasteiger partial charge in [-0.25, -0.2) is 18.7 Å². The number of hydrogen-bond donors (Lipinski definition) is 1. The first kappa shape index (κ1) is 15.3. The lowest BCUT2D eigenvalue weighted by atomic mass is 10.1. The molecule has 2 aromatic rings. The minimum atomic E-state index is -0.830. The molecule has 2 heterocycles. The summed E-state index contributed by atoms with van der Waals surface area (Å²) in [4.78, 5) is 22.3. The van der Waals surface area contributed by atoms with Gasteiger partial charge in [-0.3, -0.25) is 4.79 Å². The number of nitrogens with zero attached hydrogens (tertiary/aromatic N) is 3. The minimum absolute atomic E-state index is 0.0724. The number of para-hydroxylation sites is 1. The number of carbonyl (C=O) groups excluding carboxylic acids is 1. The van der Waals surface area contributed by atoms with Gasteiger partial charge in [-0.05, 0) is 31.4 Å². The fourth-order valence-corrected chi connectivity index (χ4v) is 2.56. The number of piperidine rings is 1. The largest absolute Gasteiger partial charge is 0.357 e. The summed E-state index contributed by atoms with van der Waals surface area (Å²) in [7, 11) is 0. The lowest BCUT2D eigenvalue weighted by molar-refractivity contribution is 0.102. The van der Waals surface area contributed by atoms with E-state index >= 15 is 0 Å². The maximum Gasteiger partial charge on any atom is 0.274 e. The highest BCUT2D eigenvalue weighted by molar-refractivity contribution is 6.03. The average molecular weight is 318 g/mol. The molecule has 1 aromatic heterocycles. The molecular weight excluding hydrogens is 302 g/mol. The molecule has 120 valence electrons. The van der Waals surface area contributed by atoms with Gasteiger partial charge in [0.2, 0.25) is 0 Å². The van der Waals surface area contributed by atoms with Crippen molar-refractivity contribution in [3.05, 3.63) is 47.9 Å². The summed E-state index contributed by atoms with van der Waals surface area (Å²) >= 11 is 0. The molecule has 3 rings (SSSR count). The zero-order valence-electron chi connectivity index (χ0n) is 12.4. The average Bonchev–Trinajstić information content (AvgIpc) is 2.59. The summed E-state index contributed by atoms with van der Waals surface area (Å²) < 4.78 is 27.2. The topological polar surface area (TPSA) is 58.1 Å². The first-order valence-corrected chi connectivity index (χ1v) is 7.47. The van der Waals surface area contributed by atoms with Crippen molar-refractivity contribution in [2.24, 2.45) is 0 Å². The molecule has 7 heteroatoms. The fraction of sp³-hybridized carbons (Fsp3) is 0.312. The van der Waals surface area contributed by atoms with Crippen LogP contribution in [0.15, 0.2) is 30.6 Å². The number of hydrogen-bond acceptors (Lipinski definition) is 4. The van der Waals surface area contributed by atoms with Gasteiger partial charge < -0.3 is 10.2 Å². The normalized spacial score (nSPS) is 14.6. The van der Waals surface area contributed by atoms with E-state index in [4.69, 9.17) is 0 Å². The van der Waals surface area contributed by atoms with Crippen LogP contribution < -0.4 is 10.2 Å². The van der Waals surface area contributed by atoms with Gasteiger partial charge >= 0.3 is 0 Å². The van der Waals surface area contributed by atoms with Gasteiger partial charge in [0, 0.05) is 19.2 Å². The highest BCUT2D eigenvalue weighted by Crippen LogP contribution is 2.20. The van der Waals surface area contributed by atoms with Crippen LogP contribution in [-0.2, 0) is 0 Å². The van der Waals surface area contributed by atoms with Gasteiger partial charge in [0.1, 0.15) is 35.2 Å². The standard InChI is InChI=1S/C16H16F2N4O/c17-11-5-4-6-12(18)15(11)21-16(23)13-9-14(20-10-19-13)22-7-2-1-3-8-22/h4-6,9-10H,1-3,7-8H2,(H,21,23). The quantitative estimate of drug-likeness (QED) is 0.945. The van der Waals surface area contributed by atoms with E-state index in [0.717, 1.165) is 38.1 Å². The molecule has 1 fully saturated rings. The van der Waals surface area contributed by atoms with Crippen LogP contribution in [0.2, 0.25) is 0 Å². The second kappa shape index (κ2) is 6.68. The monoisotopic (exact) mass is 318 g/mol. The number of benzene rings is 1. The molecule has 23 heavy (non-hydrogen) atoms. The molecule has 0 spiro atoms. The molecule has 0 bridgehead atoms. The van der Waals surface area contributed by atoms with Crippen LogP contribution in [0, 0.1) is 11.6 Å². The number of anilines is 2. The summed E-state index contributed by atoms with van der Waals surface area (Å²) in [5.74, 6) is -1.68. The van der Waals surface area contributed by atoms with Crippen molar-refractivity contribution in [3.63, 3.8) is 0 Å². The third-order valence-corrected chi connectivity index (χ3v) is 3.77. The molecular formula is C16H16F2N4O. The highest BCUT2D eigenvalue weighted by Gasteiger charge is 2.17. The van der Waals surface area contributed by atoms with Gasteiger partial charge in [0.05, 0.1) is 0 Å². The predicted octanol–water partition coefficient (Wildman–Crippen LogP) is 3.00. The molecule has 1 N–H and O–H groups in total. The molecule has 1 aliphatic rings. The first-order valence-electron chi connectivity index (χ1n) is 7.47. The molecule has 0 saturated carbocycles. The zero-order chi connectivity index (χ0) is 16.2. The number of halogens is 2. The second-order valence-electron chi connectivity index (χ2n) is 5.36. The Balaban J connectivity index is 1.80. The Labute approximate surface area is 132 Å². The molecule has 1 aliphatic heterocycles. The number of amides is 1. The third kappa shape index (κ3) is 3.44. The zero-order valence-corrected chi connectivity index (χ0v) is 12.4. The summed E-state index contributed by atoms with van der Waals surface area (Å²) in [6.07, 6.45) is 4.62. The van der Waals surface area contributed by atoms with Crippen LogP contribution in [0.25, 0.3) is 0 Å². The van der Waals surface area contributed by atoms with E-state index in [0.29, 0.717) is 5.82 Å². The minimum Gasteiger partial charge on any atom is -0.357 e. The van der Waals surface area contributed by atoms with E-state index in [1.165, 1.54) is 18.8 Å². The lowest BCUT2D eigenvalue weighted by Gasteiger charge is -2.27. The Morgan fingerprint density at radius 1 is 1.09 bits per heavy atom. The van der Waals surface area contributed by atoms with Crippen LogP contribution in [-0.4, -0.2) is 29.0 Å². The Morgan fingerprint density at radius 2 is 1.78 bits per heavy atom. The second-order valence-corrected chi connectivity index (χ2v) is 5.36. The predicted molar refractivity (Wildman–Crippen MR) is 82.4 cm³/mol. The molecule has 0 atom stereocenters. The molecule has 0 aliphatic carbocycles. The van der Waals surface area contributed by atoms with Gasteiger partial charge in [0.25, 0.3) is 5.91 Å². The smallest absolute Gasteiger partial charge is 0.274 e. The van der Waals surface area contributed by atoms with E-state index in [1.807, 2.05) is 0 Å². The molecule has 0 unspecified atom stereocenters. The SMILES string of the molecule is O=C(Nc1c(F)cccc1F)c1cc(N2CCCCC2)ncn1. The van der Waals surface area contributed by atoms with E-state index in [1.54, 1.807) is 6.07 Å². The maximum absolute atomic E-state index is 13.6. The van der Waals surface area contributed by atoms with Crippen molar-refractivity contribution in [3.8, 4) is 0 Å². The number of nitrogens with one attached hydrogen (secondary N) is 1. The van der Waals surface area contributed by atoms with Gasteiger partial charge in [-0.1, -0.05) is 6.07 Å². The summed E-state index contributed by atoms with van der Waals surface area (Å²) in [5.41, 5.74) is -0.404. The maximum atomic E-state index is 13.6.